The maximum absolute atomic E-state index is 12.9. The third-order valence-electron chi connectivity index (χ3n) is 1.47. The first kappa shape index (κ1) is 12.8. The molecule has 0 amide bonds. The van der Waals surface area contributed by atoms with E-state index in [0.29, 0.717) is 12.1 Å². The standard InChI is InChI=1S/C8H2ClF6N/c9-7(8(13,14)15)16-4-2-1-3(10)5(11)6(4)12/h1-2H. The van der Waals surface area contributed by atoms with Crippen LogP contribution in [0.3, 0.4) is 0 Å². The van der Waals surface area contributed by atoms with Crippen LogP contribution in [0.15, 0.2) is 17.1 Å². The van der Waals surface area contributed by atoms with Crippen molar-refractivity contribution in [2.75, 3.05) is 0 Å². The van der Waals surface area contributed by atoms with Crippen molar-refractivity contribution >= 4 is 22.5 Å². The molecule has 0 aliphatic heterocycles. The van der Waals surface area contributed by atoms with Gasteiger partial charge in [0.05, 0.1) is 0 Å². The van der Waals surface area contributed by atoms with Crippen LogP contribution in [0.5, 0.6) is 0 Å². The fourth-order valence-electron chi connectivity index (χ4n) is 0.771. The second kappa shape index (κ2) is 4.32. The van der Waals surface area contributed by atoms with Crippen LogP contribution < -0.4 is 0 Å². The zero-order valence-electron chi connectivity index (χ0n) is 7.25. The highest BCUT2D eigenvalue weighted by molar-refractivity contribution is 6.67. The second-order valence-electron chi connectivity index (χ2n) is 2.59. The molecule has 1 aromatic rings. The number of benzene rings is 1. The molecule has 88 valence electrons. The average Bonchev–Trinajstić information content (AvgIpc) is 2.17. The zero-order chi connectivity index (χ0) is 12.5. The van der Waals surface area contributed by atoms with Crippen LogP contribution >= 0.6 is 11.6 Å². The van der Waals surface area contributed by atoms with Crippen LogP contribution in [0, 0.1) is 17.5 Å². The Morgan fingerprint density at radius 2 is 1.62 bits per heavy atom. The third kappa shape index (κ3) is 2.66. The Morgan fingerprint density at radius 1 is 1.06 bits per heavy atom. The molecule has 0 unspecified atom stereocenters. The summed E-state index contributed by atoms with van der Waals surface area (Å²) in [6.45, 7) is 0. The number of hydrogen-bond acceptors (Lipinski definition) is 1. The lowest BCUT2D eigenvalue weighted by Gasteiger charge is -2.04. The average molecular weight is 262 g/mol. The summed E-state index contributed by atoms with van der Waals surface area (Å²) < 4.78 is 73.5. The van der Waals surface area contributed by atoms with E-state index in [-0.39, 0.29) is 0 Å². The summed E-state index contributed by atoms with van der Waals surface area (Å²) in [7, 11) is 0. The van der Waals surface area contributed by atoms with Gasteiger partial charge in [-0.25, -0.2) is 18.2 Å². The molecule has 1 rings (SSSR count). The number of hydrogen-bond donors (Lipinski definition) is 0. The molecule has 0 aliphatic carbocycles. The molecule has 0 radical (unpaired) electrons. The third-order valence-corrected chi connectivity index (χ3v) is 1.77. The van der Waals surface area contributed by atoms with Gasteiger partial charge in [0.25, 0.3) is 0 Å². The minimum Gasteiger partial charge on any atom is -0.229 e. The van der Waals surface area contributed by atoms with Crippen molar-refractivity contribution in [3.8, 4) is 0 Å². The smallest absolute Gasteiger partial charge is 0.229 e. The second-order valence-corrected chi connectivity index (χ2v) is 2.95. The van der Waals surface area contributed by atoms with Gasteiger partial charge in [-0.15, -0.1) is 0 Å². The van der Waals surface area contributed by atoms with Crippen LogP contribution in [-0.4, -0.2) is 11.3 Å². The Balaban J connectivity index is 3.22. The van der Waals surface area contributed by atoms with Gasteiger partial charge in [0.2, 0.25) is 5.17 Å². The molecule has 1 nitrogen and oxygen atoms in total. The highest BCUT2D eigenvalue weighted by atomic mass is 35.5. The van der Waals surface area contributed by atoms with Crippen LogP contribution in [0.1, 0.15) is 0 Å². The van der Waals surface area contributed by atoms with E-state index in [2.05, 4.69) is 4.99 Å². The van der Waals surface area contributed by atoms with Gasteiger partial charge in [0.1, 0.15) is 5.69 Å². The molecule has 0 saturated heterocycles. The van der Waals surface area contributed by atoms with E-state index in [4.69, 9.17) is 11.6 Å². The Kier molecular flexibility index (Phi) is 3.47. The van der Waals surface area contributed by atoms with Crippen molar-refractivity contribution in [2.24, 2.45) is 4.99 Å². The van der Waals surface area contributed by atoms with Gasteiger partial charge in [-0.05, 0) is 12.1 Å². The molecule has 0 spiro atoms. The monoisotopic (exact) mass is 261 g/mol. The highest BCUT2D eigenvalue weighted by Gasteiger charge is 2.34. The fraction of sp³-hybridized carbons (Fsp3) is 0.125. The van der Waals surface area contributed by atoms with Gasteiger partial charge in [-0.3, -0.25) is 0 Å². The largest absolute Gasteiger partial charge is 0.444 e. The lowest BCUT2D eigenvalue weighted by molar-refractivity contribution is -0.0558. The van der Waals surface area contributed by atoms with Crippen LogP contribution in [0.25, 0.3) is 0 Å². The lowest BCUT2D eigenvalue weighted by atomic mass is 10.3. The van der Waals surface area contributed by atoms with Crippen molar-refractivity contribution in [1.29, 1.82) is 0 Å². The minimum absolute atomic E-state index is 0.442. The van der Waals surface area contributed by atoms with E-state index in [9.17, 15) is 26.3 Å². The SMILES string of the molecule is Fc1ccc(N=C(Cl)C(F)(F)F)c(F)c1F. The quantitative estimate of drug-likeness (QED) is 0.412. The van der Waals surface area contributed by atoms with Crippen molar-refractivity contribution in [3.05, 3.63) is 29.6 Å². The van der Waals surface area contributed by atoms with Crippen molar-refractivity contribution in [2.45, 2.75) is 6.18 Å². The molecule has 16 heavy (non-hydrogen) atoms. The van der Waals surface area contributed by atoms with Gasteiger partial charge in [-0.1, -0.05) is 11.6 Å². The molecule has 0 fully saturated rings. The number of aliphatic imine (C=N–C) groups is 1. The van der Waals surface area contributed by atoms with Crippen LogP contribution in [0.4, 0.5) is 32.0 Å². The number of rotatable bonds is 1. The molecular weight excluding hydrogens is 260 g/mol. The molecule has 1 aromatic carbocycles. The summed E-state index contributed by atoms with van der Waals surface area (Å²) in [6, 6.07) is 0.986. The molecule has 0 aromatic heterocycles. The summed E-state index contributed by atoms with van der Waals surface area (Å²) in [5, 5.41) is -1.88. The number of alkyl halides is 3. The van der Waals surface area contributed by atoms with Gasteiger partial charge in [0.15, 0.2) is 17.5 Å². The molecule has 0 aliphatic rings. The first-order valence-electron chi connectivity index (χ1n) is 3.68. The topological polar surface area (TPSA) is 12.4 Å². The first-order chi connectivity index (χ1) is 7.23. The van der Waals surface area contributed by atoms with Crippen molar-refractivity contribution in [1.82, 2.24) is 0 Å². The number of halogens is 7. The maximum atomic E-state index is 12.9. The number of nitrogens with zero attached hydrogens (tertiary/aromatic N) is 1. The van der Waals surface area contributed by atoms with E-state index in [1.807, 2.05) is 0 Å². The van der Waals surface area contributed by atoms with E-state index < -0.39 is 34.5 Å². The normalized spacial score (nSPS) is 13.1. The van der Waals surface area contributed by atoms with Crippen LogP contribution in [0.2, 0.25) is 0 Å². The first-order valence-corrected chi connectivity index (χ1v) is 4.06. The summed E-state index contributed by atoms with van der Waals surface area (Å²) in [4.78, 5) is 2.61. The zero-order valence-corrected chi connectivity index (χ0v) is 8.00. The molecule has 0 saturated carbocycles. The van der Waals surface area contributed by atoms with E-state index in [1.165, 1.54) is 0 Å². The van der Waals surface area contributed by atoms with Gasteiger partial charge < -0.3 is 0 Å². The highest BCUT2D eigenvalue weighted by Crippen LogP contribution is 2.27. The predicted octanol–water partition coefficient (Wildman–Crippen LogP) is 3.93. The molecule has 0 atom stereocenters. The Labute approximate surface area is 90.4 Å². The summed E-state index contributed by atoms with van der Waals surface area (Å²) in [6.07, 6.45) is -4.97. The molecule has 0 N–H and O–H groups in total. The summed E-state index contributed by atoms with van der Waals surface area (Å²) >= 11 is 4.70. The van der Waals surface area contributed by atoms with E-state index in [0.717, 1.165) is 0 Å². The summed E-state index contributed by atoms with van der Waals surface area (Å²) in [5.41, 5.74) is -1.03. The fourth-order valence-corrected chi connectivity index (χ4v) is 0.862. The molecule has 8 heteroatoms. The van der Waals surface area contributed by atoms with E-state index in [1.54, 1.807) is 0 Å². The minimum atomic E-state index is -4.97. The molecular formula is C8H2ClF6N. The van der Waals surface area contributed by atoms with Crippen molar-refractivity contribution in [3.63, 3.8) is 0 Å². The van der Waals surface area contributed by atoms with Crippen LogP contribution in [-0.2, 0) is 0 Å². The van der Waals surface area contributed by atoms with Gasteiger partial charge >= 0.3 is 6.18 Å². The lowest BCUT2D eigenvalue weighted by Crippen LogP contribution is -2.16. The Morgan fingerprint density at radius 3 is 2.12 bits per heavy atom. The Hall–Kier alpha value is -1.24. The summed E-state index contributed by atoms with van der Waals surface area (Å²) in [5.74, 6) is -5.27. The van der Waals surface area contributed by atoms with Crippen molar-refractivity contribution < 1.29 is 26.3 Å². The van der Waals surface area contributed by atoms with Gasteiger partial charge in [0, 0.05) is 0 Å². The van der Waals surface area contributed by atoms with E-state index >= 15 is 0 Å². The predicted molar refractivity (Wildman–Crippen MR) is 45.3 cm³/mol. The molecule has 0 bridgehead atoms. The maximum Gasteiger partial charge on any atom is 0.444 e. The van der Waals surface area contributed by atoms with Gasteiger partial charge in [-0.2, -0.15) is 13.2 Å². The Bertz CT molecular complexity index is 439. The molecule has 0 heterocycles.